The minimum atomic E-state index is -0.433. The molecular weight excluding hydrogens is 180 g/mol. The van der Waals surface area contributed by atoms with E-state index in [-0.39, 0.29) is 5.91 Å². The summed E-state index contributed by atoms with van der Waals surface area (Å²) in [4.78, 5) is 13.1. The molecule has 74 valence electrons. The van der Waals surface area contributed by atoms with E-state index in [0.29, 0.717) is 5.69 Å². The van der Waals surface area contributed by atoms with E-state index in [1.54, 1.807) is 33.3 Å². The van der Waals surface area contributed by atoms with Gasteiger partial charge in [-0.3, -0.25) is 9.48 Å². The first-order valence-electron chi connectivity index (χ1n) is 4.22. The molecule has 14 heavy (non-hydrogen) atoms. The molecule has 0 bridgehead atoms. The lowest BCUT2D eigenvalue weighted by Crippen LogP contribution is -2.35. The summed E-state index contributed by atoms with van der Waals surface area (Å²) in [6.07, 6.45) is 1.55. The third kappa shape index (κ3) is 1.74. The first-order chi connectivity index (χ1) is 6.57. The van der Waals surface area contributed by atoms with Gasteiger partial charge in [0.05, 0.1) is 6.07 Å². The van der Waals surface area contributed by atoms with E-state index in [9.17, 15) is 4.79 Å². The number of rotatable bonds is 2. The lowest BCUT2D eigenvalue weighted by Gasteiger charge is -2.18. The van der Waals surface area contributed by atoms with Crippen LogP contribution in [0.25, 0.3) is 0 Å². The fourth-order valence-electron chi connectivity index (χ4n) is 1.03. The molecule has 1 aromatic rings. The maximum absolute atomic E-state index is 11.7. The first-order valence-corrected chi connectivity index (χ1v) is 4.22. The van der Waals surface area contributed by atoms with Crippen LogP contribution < -0.4 is 0 Å². The van der Waals surface area contributed by atoms with Crippen molar-refractivity contribution in [3.05, 3.63) is 18.0 Å². The number of aryl methyl sites for hydroxylation is 1. The number of aromatic nitrogens is 2. The molecule has 1 aromatic heterocycles. The molecule has 1 unspecified atom stereocenters. The van der Waals surface area contributed by atoms with Gasteiger partial charge in [-0.2, -0.15) is 10.4 Å². The van der Waals surface area contributed by atoms with Gasteiger partial charge in [0.25, 0.3) is 5.91 Å². The van der Waals surface area contributed by atoms with Crippen LogP contribution >= 0.6 is 0 Å². The van der Waals surface area contributed by atoms with Crippen molar-refractivity contribution in [2.45, 2.75) is 13.0 Å². The van der Waals surface area contributed by atoms with Crippen molar-refractivity contribution < 1.29 is 4.79 Å². The molecule has 0 aliphatic heterocycles. The summed E-state index contributed by atoms with van der Waals surface area (Å²) in [5.41, 5.74) is 0.481. The highest BCUT2D eigenvalue weighted by Gasteiger charge is 2.19. The quantitative estimate of drug-likeness (QED) is 0.681. The van der Waals surface area contributed by atoms with Crippen molar-refractivity contribution in [1.29, 1.82) is 5.26 Å². The highest BCUT2D eigenvalue weighted by atomic mass is 16.2. The highest BCUT2D eigenvalue weighted by molar-refractivity contribution is 5.92. The molecule has 0 N–H and O–H groups in total. The van der Waals surface area contributed by atoms with E-state index in [2.05, 4.69) is 5.10 Å². The van der Waals surface area contributed by atoms with E-state index < -0.39 is 6.04 Å². The van der Waals surface area contributed by atoms with Crippen LogP contribution in [0, 0.1) is 11.3 Å². The molecule has 0 aromatic carbocycles. The summed E-state index contributed by atoms with van der Waals surface area (Å²) in [6.45, 7) is 1.67. The predicted octanol–water partition coefficient (Wildman–Crippen LogP) is 0.404. The van der Waals surface area contributed by atoms with E-state index in [1.165, 1.54) is 9.58 Å². The Hall–Kier alpha value is -1.83. The molecule has 0 aliphatic rings. The summed E-state index contributed by atoms with van der Waals surface area (Å²) in [6, 6.07) is 3.20. The molecule has 5 heteroatoms. The second-order valence-electron chi connectivity index (χ2n) is 3.06. The molecule has 0 saturated carbocycles. The topological polar surface area (TPSA) is 61.9 Å². The Labute approximate surface area is 82.5 Å². The van der Waals surface area contributed by atoms with Crippen molar-refractivity contribution in [2.24, 2.45) is 7.05 Å². The van der Waals surface area contributed by atoms with Crippen molar-refractivity contribution in [3.63, 3.8) is 0 Å². The molecule has 1 rings (SSSR count). The van der Waals surface area contributed by atoms with Gasteiger partial charge in [0.15, 0.2) is 0 Å². The Balaban J connectivity index is 2.87. The van der Waals surface area contributed by atoms with Crippen LogP contribution in [0.2, 0.25) is 0 Å². The third-order valence-electron chi connectivity index (χ3n) is 2.13. The standard InChI is InChI=1S/C9H12N4O/c1-7(6-10)12(2)9(14)8-4-5-11-13(8)3/h4-5,7H,1-3H3. The molecule has 0 saturated heterocycles. The fraction of sp³-hybridized carbons (Fsp3) is 0.444. The van der Waals surface area contributed by atoms with Crippen LogP contribution in [0.4, 0.5) is 0 Å². The average Bonchev–Trinajstić information content (AvgIpc) is 2.61. The predicted molar refractivity (Wildman–Crippen MR) is 50.4 cm³/mol. The number of carbonyl (C=O) groups is 1. The number of amides is 1. The largest absolute Gasteiger partial charge is 0.325 e. The highest BCUT2D eigenvalue weighted by Crippen LogP contribution is 2.04. The second-order valence-corrected chi connectivity index (χ2v) is 3.06. The zero-order chi connectivity index (χ0) is 10.7. The zero-order valence-electron chi connectivity index (χ0n) is 8.43. The number of nitriles is 1. The monoisotopic (exact) mass is 192 g/mol. The van der Waals surface area contributed by atoms with Gasteiger partial charge >= 0.3 is 0 Å². The zero-order valence-corrected chi connectivity index (χ0v) is 8.43. The molecule has 0 radical (unpaired) electrons. The normalized spacial score (nSPS) is 11.9. The molecular formula is C9H12N4O. The average molecular weight is 192 g/mol. The number of hydrogen-bond donors (Lipinski definition) is 0. The van der Waals surface area contributed by atoms with Gasteiger partial charge < -0.3 is 4.90 Å². The van der Waals surface area contributed by atoms with Crippen LogP contribution in [0.15, 0.2) is 12.3 Å². The fourth-order valence-corrected chi connectivity index (χ4v) is 1.03. The van der Waals surface area contributed by atoms with Crippen LogP contribution in [-0.4, -0.2) is 33.7 Å². The van der Waals surface area contributed by atoms with Crippen molar-refractivity contribution in [3.8, 4) is 6.07 Å². The summed E-state index contributed by atoms with van der Waals surface area (Å²) >= 11 is 0. The smallest absolute Gasteiger partial charge is 0.272 e. The Morgan fingerprint density at radius 1 is 1.79 bits per heavy atom. The number of carbonyl (C=O) groups excluding carboxylic acids is 1. The molecule has 0 spiro atoms. The SMILES string of the molecule is CC(C#N)N(C)C(=O)c1ccnn1C. The number of nitrogens with zero attached hydrogens (tertiary/aromatic N) is 4. The first kappa shape index (κ1) is 10.3. The van der Waals surface area contributed by atoms with Gasteiger partial charge in [-0.15, -0.1) is 0 Å². The summed E-state index contributed by atoms with van der Waals surface area (Å²) in [5.74, 6) is -0.195. The van der Waals surface area contributed by atoms with Gasteiger partial charge in [-0.1, -0.05) is 0 Å². The van der Waals surface area contributed by atoms with Gasteiger partial charge in [-0.05, 0) is 13.0 Å². The minimum absolute atomic E-state index is 0.195. The number of hydrogen-bond acceptors (Lipinski definition) is 3. The van der Waals surface area contributed by atoms with Crippen LogP contribution in [-0.2, 0) is 7.05 Å². The van der Waals surface area contributed by atoms with Crippen LogP contribution in [0.3, 0.4) is 0 Å². The lowest BCUT2D eigenvalue weighted by atomic mass is 10.3. The van der Waals surface area contributed by atoms with E-state index in [0.717, 1.165) is 0 Å². The Morgan fingerprint density at radius 3 is 2.86 bits per heavy atom. The molecule has 1 amide bonds. The van der Waals surface area contributed by atoms with Gasteiger partial charge in [0.2, 0.25) is 0 Å². The van der Waals surface area contributed by atoms with Gasteiger partial charge in [-0.25, -0.2) is 0 Å². The molecule has 1 atom stereocenters. The Morgan fingerprint density at radius 2 is 2.43 bits per heavy atom. The summed E-state index contributed by atoms with van der Waals surface area (Å²) in [5, 5.41) is 12.5. The minimum Gasteiger partial charge on any atom is -0.325 e. The van der Waals surface area contributed by atoms with Crippen molar-refractivity contribution >= 4 is 5.91 Å². The van der Waals surface area contributed by atoms with Crippen molar-refractivity contribution in [2.75, 3.05) is 7.05 Å². The Bertz CT molecular complexity index is 376. The molecule has 0 aliphatic carbocycles. The van der Waals surface area contributed by atoms with Crippen LogP contribution in [0.1, 0.15) is 17.4 Å². The summed E-state index contributed by atoms with van der Waals surface area (Å²) < 4.78 is 1.49. The molecule has 0 fully saturated rings. The van der Waals surface area contributed by atoms with E-state index >= 15 is 0 Å². The van der Waals surface area contributed by atoms with Crippen molar-refractivity contribution in [1.82, 2.24) is 14.7 Å². The van der Waals surface area contributed by atoms with Gasteiger partial charge in [0, 0.05) is 20.3 Å². The third-order valence-corrected chi connectivity index (χ3v) is 2.13. The lowest BCUT2D eigenvalue weighted by molar-refractivity contribution is 0.0762. The summed E-state index contributed by atoms with van der Waals surface area (Å²) in [7, 11) is 3.29. The van der Waals surface area contributed by atoms with Gasteiger partial charge in [0.1, 0.15) is 11.7 Å². The Kier molecular flexibility index (Phi) is 2.87. The van der Waals surface area contributed by atoms with E-state index in [1.807, 2.05) is 6.07 Å². The maximum atomic E-state index is 11.7. The maximum Gasteiger partial charge on any atom is 0.272 e. The molecule has 1 heterocycles. The second kappa shape index (κ2) is 3.92. The van der Waals surface area contributed by atoms with Crippen LogP contribution in [0.5, 0.6) is 0 Å². The van der Waals surface area contributed by atoms with E-state index in [4.69, 9.17) is 5.26 Å². The molecule has 5 nitrogen and oxygen atoms in total.